The molecule has 0 saturated carbocycles. The van der Waals surface area contributed by atoms with Gasteiger partial charge in [0.25, 0.3) is 0 Å². The zero-order chi connectivity index (χ0) is 16.4. The van der Waals surface area contributed by atoms with Gasteiger partial charge in [0.1, 0.15) is 0 Å². The minimum absolute atomic E-state index is 0.289. The largest absolute Gasteiger partial charge is 0.479 e. The summed E-state index contributed by atoms with van der Waals surface area (Å²) in [5.74, 6) is -1.23. The number of aliphatic hydroxyl groups is 2. The Balaban J connectivity index is 0.000000220. The van der Waals surface area contributed by atoms with Crippen LogP contribution in [0.15, 0.2) is 47.8 Å². The van der Waals surface area contributed by atoms with Gasteiger partial charge >= 0.3 is 5.97 Å². The van der Waals surface area contributed by atoms with Crippen molar-refractivity contribution in [2.75, 3.05) is 13.6 Å². The summed E-state index contributed by atoms with van der Waals surface area (Å²) in [6.07, 6.45) is -0.907. The number of carbonyl (C=O) groups is 1. The molecule has 1 heterocycles. The third-order valence-electron chi connectivity index (χ3n) is 2.89. The van der Waals surface area contributed by atoms with Gasteiger partial charge in [0, 0.05) is 4.88 Å². The van der Waals surface area contributed by atoms with Gasteiger partial charge < -0.3 is 20.6 Å². The zero-order valence-corrected chi connectivity index (χ0v) is 13.2. The Morgan fingerprint density at radius 2 is 1.86 bits per heavy atom. The van der Waals surface area contributed by atoms with E-state index in [4.69, 9.17) is 10.2 Å². The second-order valence-electron chi connectivity index (χ2n) is 4.57. The number of aliphatic carboxylic acids is 1. The molecule has 0 spiro atoms. The van der Waals surface area contributed by atoms with Gasteiger partial charge in [-0.05, 0) is 37.0 Å². The van der Waals surface area contributed by atoms with Gasteiger partial charge in [0.2, 0.25) is 0 Å². The van der Waals surface area contributed by atoms with E-state index in [1.807, 2.05) is 24.6 Å². The van der Waals surface area contributed by atoms with E-state index >= 15 is 0 Å². The highest BCUT2D eigenvalue weighted by Crippen LogP contribution is 2.20. The molecule has 120 valence electrons. The van der Waals surface area contributed by atoms with E-state index in [2.05, 4.69) is 5.32 Å². The summed E-state index contributed by atoms with van der Waals surface area (Å²) in [5, 5.41) is 31.9. The van der Waals surface area contributed by atoms with Crippen LogP contribution in [0.25, 0.3) is 0 Å². The number of hydrogen-bond donors (Lipinski definition) is 4. The molecule has 22 heavy (non-hydrogen) atoms. The summed E-state index contributed by atoms with van der Waals surface area (Å²) < 4.78 is 0. The normalized spacial score (nSPS) is 12.9. The van der Waals surface area contributed by atoms with Crippen molar-refractivity contribution in [3.05, 3.63) is 58.3 Å². The Bertz CT molecular complexity index is 530. The van der Waals surface area contributed by atoms with Gasteiger partial charge in [-0.2, -0.15) is 0 Å². The molecular weight excluding hydrogens is 302 g/mol. The first-order chi connectivity index (χ1) is 10.6. The van der Waals surface area contributed by atoms with Crippen molar-refractivity contribution in [3.63, 3.8) is 0 Å². The summed E-state index contributed by atoms with van der Waals surface area (Å²) in [5.41, 5.74) is 0.403. The van der Waals surface area contributed by atoms with Crippen LogP contribution in [-0.2, 0) is 4.79 Å². The van der Waals surface area contributed by atoms with Crippen LogP contribution in [0.5, 0.6) is 0 Å². The molecule has 0 aliphatic carbocycles. The van der Waals surface area contributed by atoms with E-state index in [0.29, 0.717) is 5.56 Å². The predicted octanol–water partition coefficient (Wildman–Crippen LogP) is 2.20. The Morgan fingerprint density at radius 1 is 1.18 bits per heavy atom. The van der Waals surface area contributed by atoms with Gasteiger partial charge in [-0.3, -0.25) is 0 Å². The molecule has 0 aliphatic heterocycles. The molecule has 4 N–H and O–H groups in total. The van der Waals surface area contributed by atoms with E-state index in [1.54, 1.807) is 41.7 Å². The summed E-state index contributed by atoms with van der Waals surface area (Å²) >= 11 is 1.60. The van der Waals surface area contributed by atoms with Crippen LogP contribution in [0.4, 0.5) is 0 Å². The minimum atomic E-state index is -1.41. The molecule has 2 aromatic rings. The second kappa shape index (κ2) is 10.1. The summed E-state index contributed by atoms with van der Waals surface area (Å²) in [6, 6.07) is 12.2. The molecular formula is C16H21NO4S. The fraction of sp³-hybridized carbons (Fsp3) is 0.312. The molecule has 1 aromatic heterocycles. The van der Waals surface area contributed by atoms with Crippen LogP contribution < -0.4 is 5.32 Å². The topological polar surface area (TPSA) is 89.8 Å². The molecule has 0 fully saturated rings. The lowest BCUT2D eigenvalue weighted by molar-refractivity contribution is -0.146. The predicted molar refractivity (Wildman–Crippen MR) is 86.9 cm³/mol. The number of aliphatic hydroxyl groups excluding tert-OH is 2. The van der Waals surface area contributed by atoms with Crippen LogP contribution in [0.2, 0.25) is 0 Å². The first-order valence-electron chi connectivity index (χ1n) is 6.88. The van der Waals surface area contributed by atoms with E-state index in [0.717, 1.165) is 17.8 Å². The monoisotopic (exact) mass is 323 g/mol. The van der Waals surface area contributed by atoms with E-state index < -0.39 is 12.1 Å². The van der Waals surface area contributed by atoms with Crippen molar-refractivity contribution in [2.45, 2.75) is 18.6 Å². The maximum Gasteiger partial charge on any atom is 0.337 e. The highest BCUT2D eigenvalue weighted by molar-refractivity contribution is 7.10. The number of rotatable bonds is 6. The van der Waals surface area contributed by atoms with Crippen LogP contribution in [0.1, 0.15) is 29.1 Å². The number of carboxylic acids is 1. The Morgan fingerprint density at radius 3 is 2.36 bits per heavy atom. The van der Waals surface area contributed by atoms with Crippen molar-refractivity contribution >= 4 is 17.3 Å². The third kappa shape index (κ3) is 6.36. The highest BCUT2D eigenvalue weighted by atomic mass is 32.1. The third-order valence-corrected chi connectivity index (χ3v) is 3.86. The molecule has 0 unspecified atom stereocenters. The maximum atomic E-state index is 10.2. The molecule has 1 aromatic carbocycles. The maximum absolute atomic E-state index is 10.2. The number of hydrogen-bond acceptors (Lipinski definition) is 5. The van der Waals surface area contributed by atoms with Crippen molar-refractivity contribution in [1.82, 2.24) is 5.32 Å². The Kier molecular flexibility index (Phi) is 8.39. The Labute approximate surface area is 133 Å². The highest BCUT2D eigenvalue weighted by Gasteiger charge is 2.14. The van der Waals surface area contributed by atoms with E-state index in [1.165, 1.54) is 0 Å². The van der Waals surface area contributed by atoms with E-state index in [9.17, 15) is 9.90 Å². The fourth-order valence-corrected chi connectivity index (χ4v) is 2.43. The van der Waals surface area contributed by atoms with Gasteiger partial charge in [0.05, 0.1) is 6.10 Å². The lowest BCUT2D eigenvalue weighted by Crippen LogP contribution is -2.11. The molecule has 6 heteroatoms. The minimum Gasteiger partial charge on any atom is -0.479 e. The zero-order valence-electron chi connectivity index (χ0n) is 12.3. The van der Waals surface area contributed by atoms with Crippen LogP contribution in [-0.4, -0.2) is 34.9 Å². The molecule has 2 rings (SSSR count). The number of benzene rings is 1. The molecule has 0 bridgehead atoms. The van der Waals surface area contributed by atoms with Gasteiger partial charge in [-0.1, -0.05) is 36.4 Å². The quantitative estimate of drug-likeness (QED) is 0.654. The molecule has 0 aliphatic rings. The van der Waals surface area contributed by atoms with Gasteiger partial charge in [-0.25, -0.2) is 4.79 Å². The first kappa shape index (κ1) is 18.3. The fourth-order valence-electron chi connectivity index (χ4n) is 1.68. The molecule has 0 amide bonds. The molecule has 0 radical (unpaired) electrons. The van der Waals surface area contributed by atoms with Crippen LogP contribution in [0, 0.1) is 0 Å². The number of thiophene rings is 1. The molecule has 0 saturated heterocycles. The summed E-state index contributed by atoms with van der Waals surface area (Å²) in [7, 11) is 1.89. The molecule has 5 nitrogen and oxygen atoms in total. The average molecular weight is 323 g/mol. The Hall–Kier alpha value is -1.73. The van der Waals surface area contributed by atoms with Crippen molar-refractivity contribution in [3.8, 4) is 0 Å². The smallest absolute Gasteiger partial charge is 0.337 e. The summed E-state index contributed by atoms with van der Waals surface area (Å²) in [6.45, 7) is 0.860. The lowest BCUT2D eigenvalue weighted by atomic mass is 10.1. The van der Waals surface area contributed by atoms with Crippen molar-refractivity contribution in [1.29, 1.82) is 0 Å². The second-order valence-corrected chi connectivity index (χ2v) is 5.55. The van der Waals surface area contributed by atoms with E-state index in [-0.39, 0.29) is 6.10 Å². The number of nitrogens with one attached hydrogen (secondary N) is 1. The summed E-state index contributed by atoms with van der Waals surface area (Å²) in [4.78, 5) is 11.3. The van der Waals surface area contributed by atoms with Crippen LogP contribution >= 0.6 is 11.3 Å². The van der Waals surface area contributed by atoms with Gasteiger partial charge in [-0.15, -0.1) is 11.3 Å². The number of carboxylic acid groups (broad SMARTS) is 1. The lowest BCUT2D eigenvalue weighted by Gasteiger charge is -2.06. The van der Waals surface area contributed by atoms with Crippen molar-refractivity contribution < 1.29 is 20.1 Å². The van der Waals surface area contributed by atoms with Crippen LogP contribution in [0.3, 0.4) is 0 Å². The standard InChI is InChI=1S/C8H13NOS.C8H8O3/c1-9-5-4-7(10)8-3-2-6-11-8;9-7(8(10)11)6-4-2-1-3-5-6/h2-3,6-7,9-10H,4-5H2,1H3;1-5,7,9H,(H,10,11)/t2*7-/m11/s1. The van der Waals surface area contributed by atoms with Gasteiger partial charge in [0.15, 0.2) is 6.10 Å². The molecule has 2 atom stereocenters. The van der Waals surface area contributed by atoms with Crippen molar-refractivity contribution in [2.24, 2.45) is 0 Å². The first-order valence-corrected chi connectivity index (χ1v) is 7.76. The SMILES string of the molecule is CNCC[C@@H](O)c1cccs1.O=C(O)[C@H](O)c1ccccc1. The average Bonchev–Trinajstić information content (AvgIpc) is 3.07.